The van der Waals surface area contributed by atoms with E-state index in [0.717, 1.165) is 0 Å². The number of aliphatic hydroxyl groups is 3. The molecule has 0 heterocycles. The van der Waals surface area contributed by atoms with Gasteiger partial charge in [-0.1, -0.05) is 12.2 Å². The Labute approximate surface area is 87.9 Å². The highest BCUT2D eigenvalue weighted by Crippen LogP contribution is 2.29. The largest absolute Gasteiger partial charge is 0.393 e. The van der Waals surface area contributed by atoms with Gasteiger partial charge in [0.1, 0.15) is 5.60 Å². The molecule has 0 bridgehead atoms. The van der Waals surface area contributed by atoms with E-state index in [2.05, 4.69) is 0 Å². The molecule has 1 aliphatic carbocycles. The second-order valence-electron chi connectivity index (χ2n) is 3.34. The summed E-state index contributed by atoms with van der Waals surface area (Å²) in [6.07, 6.45) is 5.64. The molecule has 0 aromatic heterocycles. The Morgan fingerprint density at radius 1 is 1.53 bits per heavy atom. The van der Waals surface area contributed by atoms with Gasteiger partial charge in [0.15, 0.2) is 5.78 Å². The third-order valence-electron chi connectivity index (χ3n) is 2.29. The molecule has 1 unspecified atom stereocenters. The Kier molecular flexibility index (Phi) is 3.57. The maximum atomic E-state index is 11.5. The number of hydrogen-bond acceptors (Lipinski definition) is 4. The van der Waals surface area contributed by atoms with E-state index in [1.807, 2.05) is 0 Å². The lowest BCUT2D eigenvalue weighted by Crippen LogP contribution is -2.33. The van der Waals surface area contributed by atoms with Crippen molar-refractivity contribution >= 4 is 5.78 Å². The summed E-state index contributed by atoms with van der Waals surface area (Å²) in [6.45, 7) is 0.808. The van der Waals surface area contributed by atoms with Gasteiger partial charge in [-0.15, -0.1) is 0 Å². The topological polar surface area (TPSA) is 77.8 Å². The van der Waals surface area contributed by atoms with Crippen LogP contribution < -0.4 is 0 Å². The number of hydrogen-bond donors (Lipinski definition) is 3. The molecule has 15 heavy (non-hydrogen) atoms. The van der Waals surface area contributed by atoms with Crippen molar-refractivity contribution in [2.75, 3.05) is 13.2 Å². The minimum atomic E-state index is -1.66. The van der Waals surface area contributed by atoms with Crippen molar-refractivity contribution in [3.63, 3.8) is 0 Å². The van der Waals surface area contributed by atoms with E-state index in [9.17, 15) is 9.90 Å². The van der Waals surface area contributed by atoms with E-state index in [4.69, 9.17) is 10.2 Å². The molecule has 0 spiro atoms. The van der Waals surface area contributed by atoms with Crippen molar-refractivity contribution in [2.24, 2.45) is 0 Å². The van der Waals surface area contributed by atoms with Crippen LogP contribution in [0.25, 0.3) is 0 Å². The Morgan fingerprint density at radius 2 is 2.20 bits per heavy atom. The molecule has 1 atom stereocenters. The lowest BCUT2D eigenvalue weighted by atomic mass is 9.92. The molecule has 1 rings (SSSR count). The standard InChI is InChI=1S/C11H14O4/c1-2-3-8(6-12)10-9(14)4-5-11(10,15)7-13/h2-5,12-13,15H,6-7H2,1H3. The first-order valence-corrected chi connectivity index (χ1v) is 4.63. The normalized spacial score (nSPS) is 29.2. The van der Waals surface area contributed by atoms with Crippen LogP contribution in [0, 0.1) is 0 Å². The van der Waals surface area contributed by atoms with Gasteiger partial charge in [-0.2, -0.15) is 0 Å². The average Bonchev–Trinajstić information content (AvgIpc) is 2.53. The third kappa shape index (κ3) is 2.07. The monoisotopic (exact) mass is 210 g/mol. The van der Waals surface area contributed by atoms with Crippen LogP contribution in [0.15, 0.2) is 35.5 Å². The molecule has 0 amide bonds. The average molecular weight is 210 g/mol. The van der Waals surface area contributed by atoms with E-state index in [-0.39, 0.29) is 18.0 Å². The SMILES string of the molecule is CC=CC(CO)=C1C(=O)C=CC1(O)CO. The fraction of sp³-hybridized carbons (Fsp3) is 0.364. The molecule has 82 valence electrons. The molecule has 1 aliphatic rings. The molecule has 0 radical (unpaired) electrons. The van der Waals surface area contributed by atoms with Gasteiger partial charge in [0, 0.05) is 5.57 Å². The van der Waals surface area contributed by atoms with Crippen LogP contribution >= 0.6 is 0 Å². The highest BCUT2D eigenvalue weighted by Gasteiger charge is 2.38. The van der Waals surface area contributed by atoms with Crippen LogP contribution in [0.3, 0.4) is 0 Å². The molecule has 0 saturated carbocycles. The predicted molar refractivity (Wildman–Crippen MR) is 55.1 cm³/mol. The van der Waals surface area contributed by atoms with Crippen LogP contribution in [-0.4, -0.2) is 39.9 Å². The highest BCUT2D eigenvalue weighted by atomic mass is 16.3. The van der Waals surface area contributed by atoms with E-state index < -0.39 is 12.2 Å². The Balaban J connectivity index is 3.26. The molecular weight excluding hydrogens is 196 g/mol. The summed E-state index contributed by atoms with van der Waals surface area (Å²) >= 11 is 0. The summed E-state index contributed by atoms with van der Waals surface area (Å²) in [5.74, 6) is -0.381. The van der Waals surface area contributed by atoms with Crippen molar-refractivity contribution in [1.82, 2.24) is 0 Å². The number of rotatable bonds is 3. The number of aliphatic hydroxyl groups excluding tert-OH is 2. The lowest BCUT2D eigenvalue weighted by Gasteiger charge is -2.21. The lowest BCUT2D eigenvalue weighted by molar-refractivity contribution is -0.112. The first-order valence-electron chi connectivity index (χ1n) is 4.63. The van der Waals surface area contributed by atoms with Gasteiger partial charge >= 0.3 is 0 Å². The Morgan fingerprint density at radius 3 is 2.67 bits per heavy atom. The molecule has 0 fully saturated rings. The second kappa shape index (κ2) is 4.53. The second-order valence-corrected chi connectivity index (χ2v) is 3.34. The van der Waals surface area contributed by atoms with E-state index >= 15 is 0 Å². The predicted octanol–water partition coefficient (Wildman–Crippen LogP) is -0.286. The first-order chi connectivity index (χ1) is 7.09. The summed E-state index contributed by atoms with van der Waals surface area (Å²) in [4.78, 5) is 11.5. The van der Waals surface area contributed by atoms with Crippen LogP contribution in [0.5, 0.6) is 0 Å². The maximum absolute atomic E-state index is 11.5. The minimum Gasteiger partial charge on any atom is -0.393 e. The summed E-state index contributed by atoms with van der Waals surface area (Å²) in [5.41, 5.74) is -1.29. The van der Waals surface area contributed by atoms with Crippen molar-refractivity contribution in [1.29, 1.82) is 0 Å². The Bertz CT molecular complexity index is 352. The number of ketones is 1. The smallest absolute Gasteiger partial charge is 0.185 e. The first kappa shape index (κ1) is 11.8. The van der Waals surface area contributed by atoms with Gasteiger partial charge in [0.2, 0.25) is 0 Å². The van der Waals surface area contributed by atoms with Crippen LogP contribution in [-0.2, 0) is 4.79 Å². The molecule has 0 aliphatic heterocycles. The van der Waals surface area contributed by atoms with Crippen LogP contribution in [0.1, 0.15) is 6.92 Å². The molecule has 0 saturated heterocycles. The number of carbonyl (C=O) groups is 1. The summed E-state index contributed by atoms with van der Waals surface area (Å²) in [5, 5.41) is 28.0. The highest BCUT2D eigenvalue weighted by molar-refractivity contribution is 6.10. The minimum absolute atomic E-state index is 0.0469. The zero-order valence-electron chi connectivity index (χ0n) is 8.47. The van der Waals surface area contributed by atoms with Gasteiger partial charge in [-0.05, 0) is 24.6 Å². The van der Waals surface area contributed by atoms with Gasteiger partial charge in [0.05, 0.1) is 13.2 Å². The zero-order valence-corrected chi connectivity index (χ0v) is 8.47. The van der Waals surface area contributed by atoms with E-state index in [1.165, 1.54) is 12.2 Å². The number of allylic oxidation sites excluding steroid dienone is 2. The molecule has 0 aromatic rings. The molecule has 3 N–H and O–H groups in total. The summed E-state index contributed by atoms with van der Waals surface area (Å²) < 4.78 is 0. The van der Waals surface area contributed by atoms with Crippen molar-refractivity contribution in [3.8, 4) is 0 Å². The van der Waals surface area contributed by atoms with Gasteiger partial charge in [-0.25, -0.2) is 0 Å². The third-order valence-corrected chi connectivity index (χ3v) is 2.29. The van der Waals surface area contributed by atoms with Crippen molar-refractivity contribution in [3.05, 3.63) is 35.5 Å². The number of carbonyl (C=O) groups excluding carboxylic acids is 1. The van der Waals surface area contributed by atoms with E-state index in [0.29, 0.717) is 5.57 Å². The van der Waals surface area contributed by atoms with Gasteiger partial charge in [-0.3, -0.25) is 4.79 Å². The molecule has 4 heteroatoms. The summed E-state index contributed by atoms with van der Waals surface area (Å²) in [6, 6.07) is 0. The Hall–Kier alpha value is -1.23. The quantitative estimate of drug-likeness (QED) is 0.559. The zero-order chi connectivity index (χ0) is 11.5. The van der Waals surface area contributed by atoms with Crippen LogP contribution in [0.4, 0.5) is 0 Å². The molecular formula is C11H14O4. The van der Waals surface area contributed by atoms with Crippen LogP contribution in [0.2, 0.25) is 0 Å². The van der Waals surface area contributed by atoms with Gasteiger partial charge in [0.25, 0.3) is 0 Å². The fourth-order valence-corrected chi connectivity index (χ4v) is 1.58. The fourth-order valence-electron chi connectivity index (χ4n) is 1.58. The molecule has 0 aromatic carbocycles. The van der Waals surface area contributed by atoms with E-state index in [1.54, 1.807) is 19.1 Å². The molecule has 4 nitrogen and oxygen atoms in total. The maximum Gasteiger partial charge on any atom is 0.185 e. The van der Waals surface area contributed by atoms with Gasteiger partial charge < -0.3 is 15.3 Å². The summed E-state index contributed by atoms with van der Waals surface area (Å²) in [7, 11) is 0. The van der Waals surface area contributed by atoms with Crippen molar-refractivity contribution < 1.29 is 20.1 Å². The van der Waals surface area contributed by atoms with Crippen molar-refractivity contribution in [2.45, 2.75) is 12.5 Å².